The van der Waals surface area contributed by atoms with Crippen molar-refractivity contribution in [2.75, 3.05) is 26.3 Å². The average molecular weight is 446 g/mol. The number of nitrogens with zero attached hydrogens (tertiary/aromatic N) is 2. The molecule has 1 fully saturated rings. The molecule has 0 aromatic heterocycles. The predicted molar refractivity (Wildman–Crippen MR) is 121 cm³/mol. The molecule has 0 radical (unpaired) electrons. The highest BCUT2D eigenvalue weighted by Gasteiger charge is 2.35. The third-order valence-electron chi connectivity index (χ3n) is 5.61. The highest BCUT2D eigenvalue weighted by molar-refractivity contribution is 7.89. The molecule has 3 N–H and O–H groups in total. The molecule has 2 aromatic carbocycles. The maximum absolute atomic E-state index is 12.8. The lowest BCUT2D eigenvalue weighted by molar-refractivity contribution is 0.139. The number of hydrogen-bond acceptors (Lipinski definition) is 6. The number of nitrogens with two attached hydrogens (primary N) is 1. The van der Waals surface area contributed by atoms with Crippen LogP contribution in [0.1, 0.15) is 30.4 Å². The Kier molecular flexibility index (Phi) is 8.20. The van der Waals surface area contributed by atoms with Gasteiger partial charge in [-0.15, -0.1) is 0 Å². The van der Waals surface area contributed by atoms with E-state index in [0.717, 1.165) is 18.4 Å². The minimum Gasteiger partial charge on any atom is -0.396 e. The molecule has 8 heteroatoms. The zero-order valence-electron chi connectivity index (χ0n) is 17.7. The number of piperidine rings is 1. The van der Waals surface area contributed by atoms with E-state index in [0.29, 0.717) is 39.0 Å². The first-order valence-electron chi connectivity index (χ1n) is 10.6. The van der Waals surface area contributed by atoms with Crippen LogP contribution in [-0.2, 0) is 27.7 Å². The molecule has 2 aromatic rings. The maximum atomic E-state index is 12.8. The van der Waals surface area contributed by atoms with E-state index in [4.69, 9.17) is 10.6 Å². The molecule has 1 heterocycles. The third-order valence-corrected chi connectivity index (χ3v) is 7.53. The summed E-state index contributed by atoms with van der Waals surface area (Å²) in [6, 6.07) is 17.1. The van der Waals surface area contributed by atoms with Crippen LogP contribution in [0.2, 0.25) is 0 Å². The van der Waals surface area contributed by atoms with E-state index in [9.17, 15) is 13.5 Å². The summed E-state index contributed by atoms with van der Waals surface area (Å²) < 4.78 is 27.1. The van der Waals surface area contributed by atoms with Crippen LogP contribution in [0.3, 0.4) is 0 Å². The van der Waals surface area contributed by atoms with Gasteiger partial charge in [-0.1, -0.05) is 47.6 Å². The van der Waals surface area contributed by atoms with Gasteiger partial charge in [0, 0.05) is 31.3 Å². The van der Waals surface area contributed by atoms with Gasteiger partial charge in [-0.05, 0) is 48.9 Å². The summed E-state index contributed by atoms with van der Waals surface area (Å²) in [6.07, 6.45) is 5.00. The normalized spacial score (nSPS) is 17.1. The number of rotatable bonds is 10. The fraction of sp³-hybridized carbons (Fsp3) is 0.435. The van der Waals surface area contributed by atoms with E-state index in [2.05, 4.69) is 17.3 Å². The topological polar surface area (TPSA) is 105 Å². The first-order chi connectivity index (χ1) is 14.9. The van der Waals surface area contributed by atoms with Crippen molar-refractivity contribution in [2.24, 2.45) is 10.9 Å². The monoisotopic (exact) mass is 445 g/mol. The fourth-order valence-electron chi connectivity index (χ4n) is 3.51. The van der Waals surface area contributed by atoms with Crippen LogP contribution in [0.25, 0.3) is 0 Å². The van der Waals surface area contributed by atoms with E-state index in [1.807, 2.05) is 18.2 Å². The molecule has 3 rings (SSSR count). The molecule has 0 bridgehead atoms. The largest absolute Gasteiger partial charge is 0.396 e. The Hall–Kier alpha value is -2.26. The molecule has 0 spiro atoms. The zero-order chi connectivity index (χ0) is 22.2. The Morgan fingerprint density at radius 3 is 2.39 bits per heavy atom. The number of sulfonamides is 1. The Balaban J connectivity index is 1.42. The van der Waals surface area contributed by atoms with E-state index in [-0.39, 0.29) is 11.5 Å². The SMILES string of the molecule is NC1(CO)CCN(S(=O)(=O)c2ccc(C/C=N/OCCCc3ccccc3)cc2)CC1. The van der Waals surface area contributed by atoms with Gasteiger partial charge < -0.3 is 15.7 Å². The Morgan fingerprint density at radius 1 is 1.06 bits per heavy atom. The second-order valence-electron chi connectivity index (χ2n) is 7.98. The molecule has 0 atom stereocenters. The van der Waals surface area contributed by atoms with Crippen LogP contribution in [0.4, 0.5) is 0 Å². The summed E-state index contributed by atoms with van der Waals surface area (Å²) in [5.41, 5.74) is 7.59. The summed E-state index contributed by atoms with van der Waals surface area (Å²) in [7, 11) is -3.56. The minimum absolute atomic E-state index is 0.131. The summed E-state index contributed by atoms with van der Waals surface area (Å²) >= 11 is 0. The van der Waals surface area contributed by atoms with E-state index in [1.165, 1.54) is 9.87 Å². The number of aliphatic hydroxyl groups excluding tert-OH is 1. The van der Waals surface area contributed by atoms with Gasteiger partial charge in [0.2, 0.25) is 10.0 Å². The number of oxime groups is 1. The van der Waals surface area contributed by atoms with Crippen molar-refractivity contribution in [3.05, 3.63) is 65.7 Å². The van der Waals surface area contributed by atoms with Crippen LogP contribution in [0, 0.1) is 0 Å². The predicted octanol–water partition coefficient (Wildman–Crippen LogP) is 2.34. The van der Waals surface area contributed by atoms with E-state index < -0.39 is 15.6 Å². The lowest BCUT2D eigenvalue weighted by Crippen LogP contribution is -2.53. The van der Waals surface area contributed by atoms with Crippen molar-refractivity contribution in [1.29, 1.82) is 0 Å². The van der Waals surface area contributed by atoms with Gasteiger partial charge in [-0.25, -0.2) is 8.42 Å². The number of aliphatic hydroxyl groups is 1. The molecule has 0 amide bonds. The molecule has 1 aliphatic heterocycles. The number of aryl methyl sites for hydroxylation is 1. The van der Waals surface area contributed by atoms with Crippen LogP contribution in [0.15, 0.2) is 64.6 Å². The van der Waals surface area contributed by atoms with Crippen molar-refractivity contribution in [1.82, 2.24) is 4.31 Å². The molecule has 0 unspecified atom stereocenters. The van der Waals surface area contributed by atoms with Gasteiger partial charge in [-0.3, -0.25) is 0 Å². The van der Waals surface area contributed by atoms with Gasteiger partial charge >= 0.3 is 0 Å². The van der Waals surface area contributed by atoms with Gasteiger partial charge in [-0.2, -0.15) is 4.31 Å². The average Bonchev–Trinajstić information content (AvgIpc) is 2.80. The molecule has 0 saturated carbocycles. The quantitative estimate of drug-likeness (QED) is 0.332. The van der Waals surface area contributed by atoms with E-state index >= 15 is 0 Å². The van der Waals surface area contributed by atoms with Crippen LogP contribution in [-0.4, -0.2) is 55.9 Å². The minimum atomic E-state index is -3.56. The number of hydrogen-bond donors (Lipinski definition) is 2. The van der Waals surface area contributed by atoms with E-state index in [1.54, 1.807) is 30.5 Å². The summed E-state index contributed by atoms with van der Waals surface area (Å²) in [5.74, 6) is 0. The lowest BCUT2D eigenvalue weighted by atomic mass is 9.91. The molecule has 1 aliphatic rings. The molecular weight excluding hydrogens is 414 g/mol. The molecular formula is C23H31N3O4S. The number of benzene rings is 2. The summed E-state index contributed by atoms with van der Waals surface area (Å²) in [4.78, 5) is 5.56. The first kappa shape index (κ1) is 23.4. The van der Waals surface area contributed by atoms with Crippen molar-refractivity contribution in [2.45, 2.75) is 42.5 Å². The molecule has 168 valence electrons. The fourth-order valence-corrected chi connectivity index (χ4v) is 4.95. The van der Waals surface area contributed by atoms with Crippen molar-refractivity contribution in [3.63, 3.8) is 0 Å². The Bertz CT molecular complexity index is 939. The third kappa shape index (κ3) is 6.61. The maximum Gasteiger partial charge on any atom is 0.243 e. The highest BCUT2D eigenvalue weighted by atomic mass is 32.2. The first-order valence-corrected chi connectivity index (χ1v) is 12.0. The summed E-state index contributed by atoms with van der Waals surface area (Å²) in [6.45, 7) is 1.05. The smallest absolute Gasteiger partial charge is 0.243 e. The van der Waals surface area contributed by atoms with Crippen molar-refractivity contribution < 1.29 is 18.4 Å². The second-order valence-corrected chi connectivity index (χ2v) is 9.92. The van der Waals surface area contributed by atoms with Crippen LogP contribution < -0.4 is 5.73 Å². The Labute approximate surface area is 184 Å². The van der Waals surface area contributed by atoms with Crippen molar-refractivity contribution >= 4 is 16.2 Å². The van der Waals surface area contributed by atoms with Gasteiger partial charge in [0.05, 0.1) is 11.5 Å². The van der Waals surface area contributed by atoms with Crippen LogP contribution >= 0.6 is 0 Å². The highest BCUT2D eigenvalue weighted by Crippen LogP contribution is 2.25. The molecule has 7 nitrogen and oxygen atoms in total. The zero-order valence-corrected chi connectivity index (χ0v) is 18.5. The molecule has 0 aliphatic carbocycles. The lowest BCUT2D eigenvalue weighted by Gasteiger charge is -2.37. The van der Waals surface area contributed by atoms with Gasteiger partial charge in [0.1, 0.15) is 6.61 Å². The standard InChI is InChI=1S/C23H31N3O4S/c24-23(19-27)13-16-26(17-14-23)31(28,29)22-10-8-21(9-11-22)12-15-25-30-18-4-7-20-5-2-1-3-6-20/h1-3,5-6,8-11,15,27H,4,7,12-14,16-19,24H2/b25-15+. The molecule has 1 saturated heterocycles. The molecule has 31 heavy (non-hydrogen) atoms. The summed E-state index contributed by atoms with van der Waals surface area (Å²) in [5, 5.41) is 13.3. The van der Waals surface area contributed by atoms with Crippen LogP contribution in [0.5, 0.6) is 0 Å². The van der Waals surface area contributed by atoms with Gasteiger partial charge in [0.25, 0.3) is 0 Å². The van der Waals surface area contributed by atoms with Crippen molar-refractivity contribution in [3.8, 4) is 0 Å². The van der Waals surface area contributed by atoms with Gasteiger partial charge in [0.15, 0.2) is 0 Å². The Morgan fingerprint density at radius 2 is 1.74 bits per heavy atom. The second kappa shape index (κ2) is 10.9.